The van der Waals surface area contributed by atoms with E-state index in [1.165, 1.54) is 5.56 Å². The molecule has 1 aliphatic heterocycles. The van der Waals surface area contributed by atoms with E-state index in [2.05, 4.69) is 41.0 Å². The second-order valence-electron chi connectivity index (χ2n) is 5.55. The molecule has 1 heterocycles. The smallest absolute Gasteiger partial charge is 0.217 e. The van der Waals surface area contributed by atoms with E-state index < -0.39 is 0 Å². The first-order valence-corrected chi connectivity index (χ1v) is 7.24. The lowest BCUT2D eigenvalue weighted by atomic mass is 9.83. The molecule has 1 amide bonds. The van der Waals surface area contributed by atoms with Crippen LogP contribution in [0.3, 0.4) is 0 Å². The lowest BCUT2D eigenvalue weighted by Gasteiger charge is -2.38. The molecule has 0 unspecified atom stereocenters. The van der Waals surface area contributed by atoms with Gasteiger partial charge in [0.15, 0.2) is 0 Å². The summed E-state index contributed by atoms with van der Waals surface area (Å²) in [5.41, 5.74) is 1.40. The van der Waals surface area contributed by atoms with E-state index in [1.54, 1.807) is 6.92 Å². The molecule has 0 spiro atoms. The van der Waals surface area contributed by atoms with E-state index in [0.717, 1.165) is 45.2 Å². The predicted octanol–water partition coefficient (Wildman–Crippen LogP) is 2.27. The molecule has 0 aromatic heterocycles. The predicted molar refractivity (Wildman–Crippen MR) is 78.0 cm³/mol. The summed E-state index contributed by atoms with van der Waals surface area (Å²) in [5.74, 6) is 0.0987. The summed E-state index contributed by atoms with van der Waals surface area (Å²) in [5, 5.41) is 6.57. The van der Waals surface area contributed by atoms with Crippen molar-refractivity contribution >= 4 is 5.91 Å². The van der Waals surface area contributed by atoms with Gasteiger partial charge in [0.05, 0.1) is 0 Å². The highest BCUT2D eigenvalue weighted by molar-refractivity contribution is 5.73. The van der Waals surface area contributed by atoms with E-state index in [0.29, 0.717) is 0 Å². The average molecular weight is 260 g/mol. The highest BCUT2D eigenvalue weighted by Crippen LogP contribution is 2.25. The lowest BCUT2D eigenvalue weighted by Crippen LogP contribution is -2.53. The molecule has 2 N–H and O–H groups in total. The maximum absolute atomic E-state index is 11.4. The van der Waals surface area contributed by atoms with Gasteiger partial charge in [-0.25, -0.2) is 0 Å². The Hall–Kier alpha value is -1.35. The Morgan fingerprint density at radius 3 is 2.58 bits per heavy atom. The maximum Gasteiger partial charge on any atom is 0.217 e. The van der Waals surface area contributed by atoms with Crippen molar-refractivity contribution in [1.82, 2.24) is 10.6 Å². The Labute approximate surface area is 115 Å². The Morgan fingerprint density at radius 2 is 1.95 bits per heavy atom. The monoisotopic (exact) mass is 260 g/mol. The van der Waals surface area contributed by atoms with Crippen molar-refractivity contribution in [3.05, 3.63) is 35.9 Å². The summed E-state index contributed by atoms with van der Waals surface area (Å²) in [6, 6.07) is 10.6. The standard InChI is InChI=1S/C16H24N2O/c1-14(19)18-16(10-12-17-13-11-16)9-5-8-15-6-3-2-4-7-15/h2-4,6-7,17H,5,8-13H2,1H3,(H,18,19). The van der Waals surface area contributed by atoms with Crippen molar-refractivity contribution in [1.29, 1.82) is 0 Å². The van der Waals surface area contributed by atoms with Crippen LogP contribution in [-0.2, 0) is 11.2 Å². The summed E-state index contributed by atoms with van der Waals surface area (Å²) >= 11 is 0. The summed E-state index contributed by atoms with van der Waals surface area (Å²) in [6.07, 6.45) is 5.38. The molecular formula is C16H24N2O. The number of hydrogen-bond donors (Lipinski definition) is 2. The number of carbonyl (C=O) groups is 1. The molecule has 1 aromatic rings. The fraction of sp³-hybridized carbons (Fsp3) is 0.562. The zero-order chi connectivity index (χ0) is 13.6. The van der Waals surface area contributed by atoms with Crippen LogP contribution >= 0.6 is 0 Å². The van der Waals surface area contributed by atoms with Gasteiger partial charge in [-0.05, 0) is 50.8 Å². The molecule has 0 saturated carbocycles. The first-order chi connectivity index (χ1) is 9.20. The zero-order valence-corrected chi connectivity index (χ0v) is 11.7. The SMILES string of the molecule is CC(=O)NC1(CCCc2ccccc2)CCNCC1. The first kappa shape index (κ1) is 14.1. The van der Waals surface area contributed by atoms with Crippen LogP contribution in [0.2, 0.25) is 0 Å². The van der Waals surface area contributed by atoms with Crippen molar-refractivity contribution in [2.75, 3.05) is 13.1 Å². The molecule has 2 rings (SSSR count). The van der Waals surface area contributed by atoms with Crippen molar-refractivity contribution in [3.63, 3.8) is 0 Å². The van der Waals surface area contributed by atoms with Crippen LogP contribution in [0.15, 0.2) is 30.3 Å². The molecule has 104 valence electrons. The number of amides is 1. The minimum atomic E-state index is 0.0197. The third kappa shape index (κ3) is 4.35. The molecule has 1 aromatic carbocycles. The van der Waals surface area contributed by atoms with E-state index in [4.69, 9.17) is 0 Å². The third-order valence-electron chi connectivity index (χ3n) is 3.97. The number of hydrogen-bond acceptors (Lipinski definition) is 2. The van der Waals surface area contributed by atoms with Gasteiger partial charge >= 0.3 is 0 Å². The highest BCUT2D eigenvalue weighted by Gasteiger charge is 2.31. The van der Waals surface area contributed by atoms with Crippen LogP contribution in [0, 0.1) is 0 Å². The molecule has 19 heavy (non-hydrogen) atoms. The van der Waals surface area contributed by atoms with Crippen molar-refractivity contribution in [2.24, 2.45) is 0 Å². The minimum absolute atomic E-state index is 0.0197. The highest BCUT2D eigenvalue weighted by atomic mass is 16.1. The van der Waals surface area contributed by atoms with Crippen molar-refractivity contribution in [3.8, 4) is 0 Å². The van der Waals surface area contributed by atoms with Gasteiger partial charge in [-0.1, -0.05) is 30.3 Å². The third-order valence-corrected chi connectivity index (χ3v) is 3.97. The number of piperidine rings is 1. The van der Waals surface area contributed by atoms with Gasteiger partial charge in [-0.2, -0.15) is 0 Å². The fourth-order valence-corrected chi connectivity index (χ4v) is 2.99. The van der Waals surface area contributed by atoms with Crippen LogP contribution in [0.5, 0.6) is 0 Å². The van der Waals surface area contributed by atoms with Crippen molar-refractivity contribution in [2.45, 2.75) is 44.6 Å². The summed E-state index contributed by atoms with van der Waals surface area (Å²) in [4.78, 5) is 11.4. The Bertz CT molecular complexity index is 396. The van der Waals surface area contributed by atoms with E-state index in [1.807, 2.05) is 0 Å². The van der Waals surface area contributed by atoms with Gasteiger partial charge in [-0.3, -0.25) is 4.79 Å². The number of benzene rings is 1. The van der Waals surface area contributed by atoms with Gasteiger partial charge < -0.3 is 10.6 Å². The molecule has 1 aliphatic rings. The van der Waals surface area contributed by atoms with Gasteiger partial charge in [0.25, 0.3) is 0 Å². The second kappa shape index (κ2) is 6.71. The molecule has 0 bridgehead atoms. The van der Waals surface area contributed by atoms with Gasteiger partial charge in [0, 0.05) is 12.5 Å². The number of nitrogens with one attached hydrogen (secondary N) is 2. The Kier molecular flexibility index (Phi) is 4.97. The van der Waals surface area contributed by atoms with Gasteiger partial charge in [0.2, 0.25) is 5.91 Å². The summed E-state index contributed by atoms with van der Waals surface area (Å²) < 4.78 is 0. The Balaban J connectivity index is 1.87. The number of aryl methyl sites for hydroxylation is 1. The molecule has 0 aliphatic carbocycles. The first-order valence-electron chi connectivity index (χ1n) is 7.24. The zero-order valence-electron chi connectivity index (χ0n) is 11.7. The van der Waals surface area contributed by atoms with Crippen LogP contribution in [0.25, 0.3) is 0 Å². The van der Waals surface area contributed by atoms with Crippen LogP contribution in [0.1, 0.15) is 38.2 Å². The summed E-state index contributed by atoms with van der Waals surface area (Å²) in [7, 11) is 0. The second-order valence-corrected chi connectivity index (χ2v) is 5.55. The molecule has 1 saturated heterocycles. The molecule has 3 heteroatoms. The van der Waals surface area contributed by atoms with E-state index >= 15 is 0 Å². The topological polar surface area (TPSA) is 41.1 Å². The number of rotatable bonds is 5. The van der Waals surface area contributed by atoms with Crippen LogP contribution in [-0.4, -0.2) is 24.5 Å². The van der Waals surface area contributed by atoms with E-state index in [-0.39, 0.29) is 11.4 Å². The maximum atomic E-state index is 11.4. The average Bonchev–Trinajstić information content (AvgIpc) is 2.40. The minimum Gasteiger partial charge on any atom is -0.351 e. The lowest BCUT2D eigenvalue weighted by molar-refractivity contribution is -0.121. The largest absolute Gasteiger partial charge is 0.351 e. The van der Waals surface area contributed by atoms with E-state index in [9.17, 15) is 4.79 Å². The molecule has 1 fully saturated rings. The quantitative estimate of drug-likeness (QED) is 0.852. The van der Waals surface area contributed by atoms with Crippen molar-refractivity contribution < 1.29 is 4.79 Å². The van der Waals surface area contributed by atoms with Crippen LogP contribution in [0.4, 0.5) is 0 Å². The fourth-order valence-electron chi connectivity index (χ4n) is 2.99. The molecule has 0 atom stereocenters. The Morgan fingerprint density at radius 1 is 1.26 bits per heavy atom. The van der Waals surface area contributed by atoms with Gasteiger partial charge in [-0.15, -0.1) is 0 Å². The molecule has 3 nitrogen and oxygen atoms in total. The molecule has 0 radical (unpaired) electrons. The normalized spacial score (nSPS) is 17.9. The van der Waals surface area contributed by atoms with Crippen LogP contribution < -0.4 is 10.6 Å². The number of carbonyl (C=O) groups excluding carboxylic acids is 1. The summed E-state index contributed by atoms with van der Waals surface area (Å²) in [6.45, 7) is 3.64. The van der Waals surface area contributed by atoms with Gasteiger partial charge in [0.1, 0.15) is 0 Å². The molecular weight excluding hydrogens is 236 g/mol.